The van der Waals surface area contributed by atoms with Gasteiger partial charge in [-0.2, -0.15) is 4.83 Å². The Morgan fingerprint density at radius 3 is 2.65 bits per heavy atom. The fourth-order valence-corrected chi connectivity index (χ4v) is 2.82. The van der Waals surface area contributed by atoms with Gasteiger partial charge in [0.25, 0.3) is 5.91 Å². The molecular formula is C19H16FN3O2S. The number of hydrazine groups is 1. The van der Waals surface area contributed by atoms with E-state index in [0.717, 1.165) is 23.2 Å². The van der Waals surface area contributed by atoms with Crippen molar-refractivity contribution in [1.82, 2.24) is 15.2 Å². The molecule has 0 aliphatic heterocycles. The van der Waals surface area contributed by atoms with Crippen LogP contribution in [-0.2, 0) is 0 Å². The van der Waals surface area contributed by atoms with E-state index in [4.69, 9.17) is 4.74 Å². The molecule has 26 heavy (non-hydrogen) atoms. The minimum atomic E-state index is -0.370. The fourth-order valence-electron chi connectivity index (χ4n) is 2.26. The highest BCUT2D eigenvalue weighted by Crippen LogP contribution is 2.25. The lowest BCUT2D eigenvalue weighted by molar-refractivity contribution is 0.0946. The number of benzene rings is 2. The fraction of sp³-hybridized carbons (Fsp3) is 0.0526. The average Bonchev–Trinajstić information content (AvgIpc) is 2.69. The molecule has 0 fully saturated rings. The largest absolute Gasteiger partial charge is 0.497 e. The standard InChI is InChI=1S/C19H16FN3O2S/c1-25-15-11-13(17-7-4-5-9-21-17)10-14(12-15)19(24)22-23-26-18-8-3-2-6-16(18)20/h2-12,23H,1H3,(H,22,24). The summed E-state index contributed by atoms with van der Waals surface area (Å²) < 4.78 is 18.9. The summed E-state index contributed by atoms with van der Waals surface area (Å²) in [6, 6.07) is 17.0. The Morgan fingerprint density at radius 2 is 1.92 bits per heavy atom. The highest BCUT2D eigenvalue weighted by Gasteiger charge is 2.11. The molecule has 0 saturated heterocycles. The number of rotatable bonds is 6. The number of nitrogens with zero attached hydrogens (tertiary/aromatic N) is 1. The summed E-state index contributed by atoms with van der Waals surface area (Å²) in [7, 11) is 1.53. The molecule has 2 N–H and O–H groups in total. The third-order valence-corrected chi connectivity index (χ3v) is 4.28. The van der Waals surface area contributed by atoms with Gasteiger partial charge in [-0.15, -0.1) is 0 Å². The Bertz CT molecular complexity index is 906. The van der Waals surface area contributed by atoms with Crippen molar-refractivity contribution in [1.29, 1.82) is 0 Å². The number of hydrogen-bond acceptors (Lipinski definition) is 5. The zero-order valence-electron chi connectivity index (χ0n) is 13.9. The minimum absolute atomic E-state index is 0.363. The van der Waals surface area contributed by atoms with E-state index in [9.17, 15) is 9.18 Å². The second-order valence-electron chi connectivity index (χ2n) is 5.25. The summed E-state index contributed by atoms with van der Waals surface area (Å²) >= 11 is 0.980. The lowest BCUT2D eigenvalue weighted by Crippen LogP contribution is -2.32. The van der Waals surface area contributed by atoms with Crippen molar-refractivity contribution in [2.24, 2.45) is 0 Å². The number of carbonyl (C=O) groups is 1. The third-order valence-electron chi connectivity index (χ3n) is 3.53. The smallest absolute Gasteiger partial charge is 0.266 e. The number of halogens is 1. The molecule has 0 aliphatic carbocycles. The van der Waals surface area contributed by atoms with Crippen molar-refractivity contribution in [2.45, 2.75) is 4.90 Å². The first-order valence-electron chi connectivity index (χ1n) is 7.74. The van der Waals surface area contributed by atoms with Gasteiger partial charge in [0.2, 0.25) is 0 Å². The van der Waals surface area contributed by atoms with Crippen molar-refractivity contribution >= 4 is 17.9 Å². The molecule has 1 aromatic heterocycles. The number of amides is 1. The van der Waals surface area contributed by atoms with E-state index in [2.05, 4.69) is 15.2 Å². The molecule has 0 atom stereocenters. The van der Waals surface area contributed by atoms with Crippen LogP contribution in [0.4, 0.5) is 4.39 Å². The minimum Gasteiger partial charge on any atom is -0.497 e. The van der Waals surface area contributed by atoms with Crippen LogP contribution in [0, 0.1) is 5.82 Å². The predicted octanol–water partition coefficient (Wildman–Crippen LogP) is 3.84. The Labute approximate surface area is 154 Å². The number of hydrogen-bond donors (Lipinski definition) is 2. The van der Waals surface area contributed by atoms with Gasteiger partial charge in [-0.25, -0.2) is 4.39 Å². The molecule has 0 spiro atoms. The van der Waals surface area contributed by atoms with Gasteiger partial charge in [0.15, 0.2) is 0 Å². The number of nitrogens with one attached hydrogen (secondary N) is 2. The maximum absolute atomic E-state index is 13.6. The SMILES string of the molecule is COc1cc(C(=O)NNSc2ccccc2F)cc(-c2ccccn2)c1. The third kappa shape index (κ3) is 4.38. The monoisotopic (exact) mass is 369 g/mol. The van der Waals surface area contributed by atoms with Crippen molar-refractivity contribution < 1.29 is 13.9 Å². The number of pyridine rings is 1. The summed E-state index contributed by atoms with van der Waals surface area (Å²) in [5.41, 5.74) is 4.42. The quantitative estimate of drug-likeness (QED) is 0.511. The summed E-state index contributed by atoms with van der Waals surface area (Å²) in [6.07, 6.45) is 1.68. The van der Waals surface area contributed by atoms with Gasteiger partial charge in [0, 0.05) is 17.3 Å². The van der Waals surface area contributed by atoms with Gasteiger partial charge in [0.1, 0.15) is 11.6 Å². The molecule has 0 bridgehead atoms. The highest BCUT2D eigenvalue weighted by molar-refractivity contribution is 7.97. The lowest BCUT2D eigenvalue weighted by atomic mass is 10.1. The molecule has 132 valence electrons. The van der Waals surface area contributed by atoms with E-state index in [-0.39, 0.29) is 11.7 Å². The Hall–Kier alpha value is -2.90. The number of ether oxygens (including phenoxy) is 1. The molecule has 2 aromatic carbocycles. The van der Waals surface area contributed by atoms with Crippen LogP contribution in [0.15, 0.2) is 71.8 Å². The maximum atomic E-state index is 13.6. The molecule has 1 heterocycles. The van der Waals surface area contributed by atoms with Crippen LogP contribution >= 0.6 is 11.9 Å². The van der Waals surface area contributed by atoms with E-state index >= 15 is 0 Å². The second-order valence-corrected chi connectivity index (χ2v) is 6.10. The maximum Gasteiger partial charge on any atom is 0.266 e. The van der Waals surface area contributed by atoms with E-state index in [0.29, 0.717) is 16.2 Å². The second kappa shape index (κ2) is 8.46. The van der Waals surface area contributed by atoms with Gasteiger partial charge < -0.3 is 4.74 Å². The Morgan fingerprint density at radius 1 is 1.12 bits per heavy atom. The summed E-state index contributed by atoms with van der Waals surface area (Å²) in [5, 5.41) is 0. The number of aromatic nitrogens is 1. The normalized spacial score (nSPS) is 10.4. The molecule has 0 radical (unpaired) electrons. The van der Waals surface area contributed by atoms with Crippen molar-refractivity contribution in [3.63, 3.8) is 0 Å². The number of methoxy groups -OCH3 is 1. The molecule has 5 nitrogen and oxygen atoms in total. The predicted molar refractivity (Wildman–Crippen MR) is 99.1 cm³/mol. The molecular weight excluding hydrogens is 353 g/mol. The molecule has 0 saturated carbocycles. The average molecular weight is 369 g/mol. The summed E-state index contributed by atoms with van der Waals surface area (Å²) in [4.78, 5) is 19.7. The summed E-state index contributed by atoms with van der Waals surface area (Å²) in [5.74, 6) is -0.192. The zero-order chi connectivity index (χ0) is 18.4. The van der Waals surface area contributed by atoms with Crippen LogP contribution in [0.5, 0.6) is 5.75 Å². The van der Waals surface area contributed by atoms with Gasteiger partial charge in [-0.05, 0) is 54.4 Å². The van der Waals surface area contributed by atoms with Crippen molar-refractivity contribution in [2.75, 3.05) is 7.11 Å². The highest BCUT2D eigenvalue weighted by atomic mass is 32.2. The van der Waals surface area contributed by atoms with E-state index in [1.54, 1.807) is 42.6 Å². The molecule has 3 rings (SSSR count). The first-order chi connectivity index (χ1) is 12.7. The molecule has 3 aromatic rings. The number of carbonyl (C=O) groups excluding carboxylic acids is 1. The van der Waals surface area contributed by atoms with E-state index in [1.165, 1.54) is 13.2 Å². The topological polar surface area (TPSA) is 63.2 Å². The van der Waals surface area contributed by atoms with E-state index < -0.39 is 0 Å². The molecule has 0 unspecified atom stereocenters. The van der Waals surface area contributed by atoms with Crippen LogP contribution < -0.4 is 15.0 Å². The van der Waals surface area contributed by atoms with Crippen molar-refractivity contribution in [3.05, 3.63) is 78.2 Å². The first-order valence-corrected chi connectivity index (χ1v) is 8.56. The van der Waals surface area contributed by atoms with Gasteiger partial charge in [0.05, 0.1) is 17.7 Å². The van der Waals surface area contributed by atoms with Gasteiger partial charge >= 0.3 is 0 Å². The van der Waals surface area contributed by atoms with Gasteiger partial charge in [-0.3, -0.25) is 15.2 Å². The first kappa shape index (κ1) is 17.9. The molecule has 7 heteroatoms. The molecule has 1 amide bonds. The van der Waals surface area contributed by atoms with Crippen LogP contribution in [0.2, 0.25) is 0 Å². The Balaban J connectivity index is 1.73. The van der Waals surface area contributed by atoms with Crippen LogP contribution in [-0.4, -0.2) is 18.0 Å². The van der Waals surface area contributed by atoms with E-state index in [1.807, 2.05) is 18.2 Å². The van der Waals surface area contributed by atoms with Gasteiger partial charge in [-0.1, -0.05) is 18.2 Å². The summed E-state index contributed by atoms with van der Waals surface area (Å²) in [6.45, 7) is 0. The van der Waals surface area contributed by atoms with Crippen LogP contribution in [0.25, 0.3) is 11.3 Å². The van der Waals surface area contributed by atoms with Crippen molar-refractivity contribution in [3.8, 4) is 17.0 Å². The van der Waals surface area contributed by atoms with Crippen LogP contribution in [0.1, 0.15) is 10.4 Å². The van der Waals surface area contributed by atoms with Crippen LogP contribution in [0.3, 0.4) is 0 Å². The Kier molecular flexibility index (Phi) is 5.83. The lowest BCUT2D eigenvalue weighted by Gasteiger charge is -2.10. The molecule has 0 aliphatic rings. The zero-order valence-corrected chi connectivity index (χ0v) is 14.7.